The van der Waals surface area contributed by atoms with Crippen LogP contribution in [-0.4, -0.2) is 36.4 Å². The maximum absolute atomic E-state index is 12.9. The molecule has 0 saturated heterocycles. The van der Waals surface area contributed by atoms with Gasteiger partial charge in [0.1, 0.15) is 5.75 Å². The summed E-state index contributed by atoms with van der Waals surface area (Å²) in [6.07, 6.45) is 0.872. The van der Waals surface area contributed by atoms with E-state index in [0.717, 1.165) is 17.7 Å². The molecule has 0 heterocycles. The maximum Gasteiger partial charge on any atom is 0.253 e. The van der Waals surface area contributed by atoms with Crippen LogP contribution in [0.3, 0.4) is 0 Å². The molecule has 0 spiro atoms. The Morgan fingerprint density at radius 1 is 1.00 bits per heavy atom. The Hall–Kier alpha value is -2.82. The smallest absolute Gasteiger partial charge is 0.253 e. The van der Waals surface area contributed by atoms with Crippen molar-refractivity contribution in [2.45, 2.75) is 26.7 Å². The van der Waals surface area contributed by atoms with E-state index in [0.29, 0.717) is 31.2 Å². The predicted octanol–water partition coefficient (Wildman–Crippen LogP) is 3.28. The molecule has 0 radical (unpaired) electrons. The molecule has 144 valence electrons. The highest BCUT2D eigenvalue weighted by atomic mass is 16.5. The quantitative estimate of drug-likeness (QED) is 0.699. The van der Waals surface area contributed by atoms with Crippen molar-refractivity contribution >= 4 is 11.8 Å². The molecule has 27 heavy (non-hydrogen) atoms. The number of carbonyl (C=O) groups excluding carboxylic acids is 2. The number of benzene rings is 2. The van der Waals surface area contributed by atoms with Crippen molar-refractivity contribution in [3.8, 4) is 5.75 Å². The lowest BCUT2D eigenvalue weighted by molar-refractivity contribution is -0.118. The monoisotopic (exact) mass is 368 g/mol. The second kappa shape index (κ2) is 10.4. The molecule has 2 N–H and O–H groups in total. The average molecular weight is 368 g/mol. The number of primary amides is 1. The maximum atomic E-state index is 12.9. The summed E-state index contributed by atoms with van der Waals surface area (Å²) in [6, 6.07) is 17.1. The average Bonchev–Trinajstić information content (AvgIpc) is 2.67. The summed E-state index contributed by atoms with van der Waals surface area (Å²) in [6.45, 7) is 5.64. The van der Waals surface area contributed by atoms with Crippen LogP contribution in [0, 0.1) is 5.92 Å². The van der Waals surface area contributed by atoms with Gasteiger partial charge in [0.25, 0.3) is 5.91 Å². The molecule has 0 fully saturated rings. The highest BCUT2D eigenvalue weighted by Gasteiger charge is 2.16. The topological polar surface area (TPSA) is 72.6 Å². The van der Waals surface area contributed by atoms with Gasteiger partial charge >= 0.3 is 0 Å². The summed E-state index contributed by atoms with van der Waals surface area (Å²) in [4.78, 5) is 25.7. The van der Waals surface area contributed by atoms with Crippen LogP contribution in [0.2, 0.25) is 0 Å². The van der Waals surface area contributed by atoms with Gasteiger partial charge in [-0.2, -0.15) is 0 Å². The molecule has 2 aromatic carbocycles. The Balaban J connectivity index is 2.03. The number of hydrogen-bond donors (Lipinski definition) is 1. The first kappa shape index (κ1) is 20.5. The van der Waals surface area contributed by atoms with Gasteiger partial charge in [-0.25, -0.2) is 0 Å². The lowest BCUT2D eigenvalue weighted by Gasteiger charge is -2.22. The van der Waals surface area contributed by atoms with Crippen LogP contribution in [0.4, 0.5) is 0 Å². The Kier molecular flexibility index (Phi) is 7.86. The van der Waals surface area contributed by atoms with Crippen molar-refractivity contribution in [2.75, 3.05) is 19.7 Å². The number of ether oxygens (including phenoxy) is 1. The largest absolute Gasteiger partial charge is 0.493 e. The van der Waals surface area contributed by atoms with Gasteiger partial charge < -0.3 is 15.4 Å². The normalized spacial score (nSPS) is 10.6. The van der Waals surface area contributed by atoms with Gasteiger partial charge in [-0.15, -0.1) is 0 Å². The molecular weight excluding hydrogens is 340 g/mol. The lowest BCUT2D eigenvalue weighted by Crippen LogP contribution is -2.35. The summed E-state index contributed by atoms with van der Waals surface area (Å²) in [7, 11) is 0. The number of hydrogen-bond acceptors (Lipinski definition) is 3. The number of carbonyl (C=O) groups is 2. The second-order valence-corrected chi connectivity index (χ2v) is 6.97. The van der Waals surface area contributed by atoms with Crippen molar-refractivity contribution in [1.82, 2.24) is 4.90 Å². The molecule has 0 aliphatic rings. The van der Waals surface area contributed by atoms with E-state index >= 15 is 0 Å². The predicted molar refractivity (Wildman–Crippen MR) is 107 cm³/mol. The van der Waals surface area contributed by atoms with Crippen molar-refractivity contribution in [1.29, 1.82) is 0 Å². The summed E-state index contributed by atoms with van der Waals surface area (Å²) in [5.41, 5.74) is 6.99. The molecule has 0 unspecified atom stereocenters. The third kappa shape index (κ3) is 7.13. The zero-order valence-corrected chi connectivity index (χ0v) is 16.1. The van der Waals surface area contributed by atoms with E-state index in [1.165, 1.54) is 0 Å². The molecule has 0 aliphatic heterocycles. The SMILES string of the molecule is CC(C)COc1ccc(C(=O)N(CCC(N)=O)CCc2ccccc2)cc1. The molecule has 0 bridgehead atoms. The molecule has 5 nitrogen and oxygen atoms in total. The molecule has 2 aromatic rings. The number of amides is 2. The van der Waals surface area contributed by atoms with Gasteiger partial charge in [0.05, 0.1) is 6.61 Å². The minimum Gasteiger partial charge on any atom is -0.493 e. The molecule has 0 atom stereocenters. The number of nitrogens with zero attached hydrogens (tertiary/aromatic N) is 1. The fourth-order valence-corrected chi connectivity index (χ4v) is 2.61. The van der Waals surface area contributed by atoms with Gasteiger partial charge in [0.15, 0.2) is 0 Å². The van der Waals surface area contributed by atoms with Crippen LogP contribution in [0.15, 0.2) is 54.6 Å². The zero-order valence-electron chi connectivity index (χ0n) is 16.1. The van der Waals surface area contributed by atoms with Crippen molar-refractivity contribution in [2.24, 2.45) is 11.7 Å². The third-order valence-corrected chi connectivity index (χ3v) is 4.11. The first-order chi connectivity index (χ1) is 13.0. The molecule has 0 aromatic heterocycles. The van der Waals surface area contributed by atoms with Crippen LogP contribution in [0.5, 0.6) is 5.75 Å². The molecule has 0 saturated carbocycles. The van der Waals surface area contributed by atoms with E-state index in [1.807, 2.05) is 30.3 Å². The lowest BCUT2D eigenvalue weighted by atomic mass is 10.1. The summed E-state index contributed by atoms with van der Waals surface area (Å²) in [5, 5.41) is 0. The number of rotatable bonds is 10. The molecule has 5 heteroatoms. The van der Waals surface area contributed by atoms with Crippen LogP contribution >= 0.6 is 0 Å². The van der Waals surface area contributed by atoms with Crippen LogP contribution in [-0.2, 0) is 11.2 Å². The van der Waals surface area contributed by atoms with Gasteiger partial charge in [-0.3, -0.25) is 9.59 Å². The standard InChI is InChI=1S/C22H28N2O3/c1-17(2)16-27-20-10-8-19(9-11-20)22(26)24(15-13-21(23)25)14-12-18-6-4-3-5-7-18/h3-11,17H,12-16H2,1-2H3,(H2,23,25). The Labute approximate surface area is 161 Å². The summed E-state index contributed by atoms with van der Waals surface area (Å²) in [5.74, 6) is 0.661. The Morgan fingerprint density at radius 3 is 2.26 bits per heavy atom. The van der Waals surface area contributed by atoms with Crippen LogP contribution in [0.25, 0.3) is 0 Å². The van der Waals surface area contributed by atoms with Crippen LogP contribution < -0.4 is 10.5 Å². The minimum absolute atomic E-state index is 0.109. The fourth-order valence-electron chi connectivity index (χ4n) is 2.61. The van der Waals surface area contributed by atoms with E-state index in [1.54, 1.807) is 29.2 Å². The Bertz CT molecular complexity index is 727. The molecule has 2 amide bonds. The third-order valence-electron chi connectivity index (χ3n) is 4.11. The van der Waals surface area contributed by atoms with Crippen molar-refractivity contribution in [3.63, 3.8) is 0 Å². The molecular formula is C22H28N2O3. The highest BCUT2D eigenvalue weighted by molar-refractivity contribution is 5.94. The van der Waals surface area contributed by atoms with Crippen LogP contribution in [0.1, 0.15) is 36.2 Å². The van der Waals surface area contributed by atoms with Gasteiger partial charge in [0.2, 0.25) is 5.91 Å². The summed E-state index contributed by atoms with van der Waals surface area (Å²) >= 11 is 0. The van der Waals surface area contributed by atoms with Gasteiger partial charge in [0, 0.05) is 25.1 Å². The van der Waals surface area contributed by atoms with Gasteiger partial charge in [-0.1, -0.05) is 44.2 Å². The zero-order chi connectivity index (χ0) is 19.6. The first-order valence-electron chi connectivity index (χ1n) is 9.30. The van der Waals surface area contributed by atoms with Gasteiger partial charge in [-0.05, 0) is 42.2 Å². The molecule has 0 aliphatic carbocycles. The summed E-state index contributed by atoms with van der Waals surface area (Å²) < 4.78 is 5.66. The second-order valence-electron chi connectivity index (χ2n) is 6.97. The fraction of sp³-hybridized carbons (Fsp3) is 0.364. The van der Waals surface area contributed by atoms with E-state index in [4.69, 9.17) is 10.5 Å². The van der Waals surface area contributed by atoms with E-state index in [-0.39, 0.29) is 12.3 Å². The van der Waals surface area contributed by atoms with E-state index in [9.17, 15) is 9.59 Å². The molecule has 2 rings (SSSR count). The van der Waals surface area contributed by atoms with Crippen molar-refractivity contribution in [3.05, 3.63) is 65.7 Å². The van der Waals surface area contributed by atoms with Crippen molar-refractivity contribution < 1.29 is 14.3 Å². The highest BCUT2D eigenvalue weighted by Crippen LogP contribution is 2.15. The first-order valence-corrected chi connectivity index (χ1v) is 9.30. The van der Waals surface area contributed by atoms with E-state index in [2.05, 4.69) is 13.8 Å². The number of nitrogens with two attached hydrogens (primary N) is 1. The minimum atomic E-state index is -0.412. The van der Waals surface area contributed by atoms with E-state index < -0.39 is 5.91 Å². The Morgan fingerprint density at radius 2 is 1.67 bits per heavy atom.